The summed E-state index contributed by atoms with van der Waals surface area (Å²) in [6.07, 6.45) is 6.12. The highest BCUT2D eigenvalue weighted by molar-refractivity contribution is 9.10. The van der Waals surface area contributed by atoms with Crippen LogP contribution in [0.4, 0.5) is 10.6 Å². The number of nitrogens with zero attached hydrogens (tertiary/aromatic N) is 5. The van der Waals surface area contributed by atoms with E-state index in [1.54, 1.807) is 4.90 Å². The molecule has 3 heterocycles. The Morgan fingerprint density at radius 2 is 1.83 bits per heavy atom. The number of rotatable bonds is 7. The van der Waals surface area contributed by atoms with Gasteiger partial charge in [-0.05, 0) is 87.4 Å². The molecule has 1 amide bonds. The summed E-state index contributed by atoms with van der Waals surface area (Å²) in [5.74, 6) is 1.31. The molecule has 216 valence electrons. The smallest absolute Gasteiger partial charge is 0.407 e. The topological polar surface area (TPSA) is 82.0 Å². The van der Waals surface area contributed by atoms with Crippen molar-refractivity contribution in [2.24, 2.45) is 5.41 Å². The Labute approximate surface area is 249 Å². The number of piperazine rings is 1. The monoisotopic (exact) mass is 619 g/mol. The number of aromatic nitrogens is 2. The maximum atomic E-state index is 11.9. The molecule has 9 heteroatoms. The summed E-state index contributed by atoms with van der Waals surface area (Å²) in [6.45, 7) is 2.98. The molecule has 8 nitrogen and oxygen atoms in total. The number of halogens is 1. The minimum atomic E-state index is -0.800. The van der Waals surface area contributed by atoms with Gasteiger partial charge in [-0.1, -0.05) is 46.3 Å². The zero-order valence-corrected chi connectivity index (χ0v) is 25.4. The molecule has 1 saturated carbocycles. The second-order valence-electron chi connectivity index (χ2n) is 12.9. The van der Waals surface area contributed by atoms with Crippen molar-refractivity contribution in [3.8, 4) is 6.01 Å². The molecule has 4 aliphatic rings. The highest BCUT2D eigenvalue weighted by Gasteiger charge is 2.45. The molecule has 2 bridgehead atoms. The molecule has 2 aliphatic heterocycles. The van der Waals surface area contributed by atoms with Crippen molar-refractivity contribution in [1.82, 2.24) is 19.8 Å². The van der Waals surface area contributed by atoms with E-state index in [1.807, 2.05) is 0 Å². The minimum Gasteiger partial charge on any atom is -0.465 e. The van der Waals surface area contributed by atoms with Crippen molar-refractivity contribution in [2.75, 3.05) is 45.2 Å². The molecular weight excluding hydrogens is 582 g/mol. The van der Waals surface area contributed by atoms with E-state index in [-0.39, 0.29) is 17.5 Å². The van der Waals surface area contributed by atoms with Gasteiger partial charge in [0.15, 0.2) is 0 Å². The summed E-state index contributed by atoms with van der Waals surface area (Å²) in [6, 6.07) is 13.5. The average Bonchev–Trinajstić information content (AvgIpc) is 3.65. The van der Waals surface area contributed by atoms with Gasteiger partial charge in [0.05, 0.1) is 24.4 Å². The molecule has 3 fully saturated rings. The number of carboxylic acid groups (broad SMARTS) is 1. The summed E-state index contributed by atoms with van der Waals surface area (Å²) in [5.41, 5.74) is 3.84. The first-order valence-corrected chi connectivity index (χ1v) is 15.7. The lowest BCUT2D eigenvalue weighted by Gasteiger charge is -2.41. The number of hydrogen-bond acceptors (Lipinski definition) is 6. The molecule has 2 aliphatic carbocycles. The van der Waals surface area contributed by atoms with Crippen LogP contribution >= 0.6 is 15.9 Å². The lowest BCUT2D eigenvalue weighted by atomic mass is 9.80. The zero-order chi connectivity index (χ0) is 28.3. The fraction of sp³-hybridized carbons (Fsp3) is 0.531. The summed E-state index contributed by atoms with van der Waals surface area (Å²) >= 11 is 3.81. The lowest BCUT2D eigenvalue weighted by Crippen LogP contribution is -2.56. The number of ether oxygens (including phenoxy) is 1. The molecule has 7 rings (SSSR count). The predicted octanol–water partition coefficient (Wildman–Crippen LogP) is 5.72. The summed E-state index contributed by atoms with van der Waals surface area (Å²) in [7, 11) is 4.23. The summed E-state index contributed by atoms with van der Waals surface area (Å²) in [4.78, 5) is 28.3. The van der Waals surface area contributed by atoms with Crippen molar-refractivity contribution in [2.45, 2.75) is 62.9 Å². The molecule has 2 aromatic carbocycles. The standard InChI is InChI=1S/C32H38BrN5O3/c1-36(2)18-32(13-14-32)19-41-30-34-27-15-21(24-7-3-5-20-6-4-8-26(33)28(20)24)9-12-25(27)29(35-30)37-16-22-10-11-23(17-37)38(22)31(39)40/h3-8,21-23H,9-19H2,1-2H3,(H,39,40). The first-order chi connectivity index (χ1) is 19.8. The summed E-state index contributed by atoms with van der Waals surface area (Å²) in [5, 5.41) is 12.3. The first kappa shape index (κ1) is 27.0. The third kappa shape index (κ3) is 5.05. The van der Waals surface area contributed by atoms with Crippen LogP contribution in [0.25, 0.3) is 10.8 Å². The van der Waals surface area contributed by atoms with Crippen LogP contribution in [0.2, 0.25) is 0 Å². The van der Waals surface area contributed by atoms with Crippen molar-refractivity contribution in [1.29, 1.82) is 0 Å². The number of fused-ring (bicyclic) bond motifs is 4. The van der Waals surface area contributed by atoms with Crippen LogP contribution in [-0.2, 0) is 12.8 Å². The Hall–Kier alpha value is -2.91. The summed E-state index contributed by atoms with van der Waals surface area (Å²) < 4.78 is 7.53. The third-order valence-corrected chi connectivity index (χ3v) is 10.3. The van der Waals surface area contributed by atoms with E-state index in [2.05, 4.69) is 76.2 Å². The zero-order valence-electron chi connectivity index (χ0n) is 23.9. The number of carbonyl (C=O) groups is 1. The number of amides is 1. The second kappa shape index (κ2) is 10.4. The maximum Gasteiger partial charge on any atom is 0.407 e. The third-order valence-electron chi connectivity index (χ3n) is 9.68. The normalized spacial score (nSPS) is 24.5. The molecule has 0 radical (unpaired) electrons. The number of benzene rings is 2. The van der Waals surface area contributed by atoms with Crippen molar-refractivity contribution < 1.29 is 14.6 Å². The largest absolute Gasteiger partial charge is 0.465 e. The van der Waals surface area contributed by atoms with Gasteiger partial charge in [-0.25, -0.2) is 4.79 Å². The van der Waals surface area contributed by atoms with Gasteiger partial charge in [-0.2, -0.15) is 9.97 Å². The molecule has 2 saturated heterocycles. The molecule has 3 unspecified atom stereocenters. The Bertz CT molecular complexity index is 1470. The van der Waals surface area contributed by atoms with Gasteiger partial charge in [-0.15, -0.1) is 0 Å². The highest BCUT2D eigenvalue weighted by atomic mass is 79.9. The van der Waals surface area contributed by atoms with E-state index in [9.17, 15) is 9.90 Å². The van der Waals surface area contributed by atoms with E-state index < -0.39 is 6.09 Å². The van der Waals surface area contributed by atoms with E-state index in [0.29, 0.717) is 31.6 Å². The Balaban J connectivity index is 1.22. The second-order valence-corrected chi connectivity index (χ2v) is 13.7. The van der Waals surface area contributed by atoms with Crippen LogP contribution in [0.15, 0.2) is 40.9 Å². The van der Waals surface area contributed by atoms with Gasteiger partial charge in [0.2, 0.25) is 0 Å². The van der Waals surface area contributed by atoms with Gasteiger partial charge < -0.3 is 19.6 Å². The molecular formula is C32H38BrN5O3. The SMILES string of the molecule is CN(C)CC1(COc2nc3c(c(N4CC5CCC(C4)N5C(=O)O)n2)CCC(c2cccc4cccc(Br)c24)C3)CC1. The fourth-order valence-corrected chi connectivity index (χ4v) is 8.24. The van der Waals surface area contributed by atoms with Crippen LogP contribution < -0.4 is 9.64 Å². The molecule has 3 aromatic rings. The number of anilines is 1. The van der Waals surface area contributed by atoms with Crippen LogP contribution in [0.1, 0.15) is 54.8 Å². The molecule has 0 spiro atoms. The minimum absolute atomic E-state index is 0.0143. The van der Waals surface area contributed by atoms with Crippen LogP contribution in [0.5, 0.6) is 6.01 Å². The highest BCUT2D eigenvalue weighted by Crippen LogP contribution is 2.47. The Morgan fingerprint density at radius 1 is 1.10 bits per heavy atom. The Kier molecular flexibility index (Phi) is 6.85. The fourth-order valence-electron chi connectivity index (χ4n) is 7.63. The molecule has 41 heavy (non-hydrogen) atoms. The maximum absolute atomic E-state index is 11.9. The van der Waals surface area contributed by atoms with Gasteiger partial charge in [0.25, 0.3) is 0 Å². The van der Waals surface area contributed by atoms with Gasteiger partial charge >= 0.3 is 12.1 Å². The van der Waals surface area contributed by atoms with Crippen molar-refractivity contribution >= 4 is 38.6 Å². The van der Waals surface area contributed by atoms with E-state index in [1.165, 1.54) is 34.7 Å². The predicted molar refractivity (Wildman–Crippen MR) is 163 cm³/mol. The molecule has 1 aromatic heterocycles. The average molecular weight is 621 g/mol. The van der Waals surface area contributed by atoms with E-state index in [4.69, 9.17) is 14.7 Å². The lowest BCUT2D eigenvalue weighted by molar-refractivity contribution is 0.114. The van der Waals surface area contributed by atoms with Crippen LogP contribution in [0.3, 0.4) is 0 Å². The van der Waals surface area contributed by atoms with E-state index >= 15 is 0 Å². The molecule has 1 N–H and O–H groups in total. The first-order valence-electron chi connectivity index (χ1n) is 14.9. The van der Waals surface area contributed by atoms with Crippen molar-refractivity contribution in [3.63, 3.8) is 0 Å². The number of hydrogen-bond donors (Lipinski definition) is 1. The Morgan fingerprint density at radius 3 is 2.51 bits per heavy atom. The quantitative estimate of drug-likeness (QED) is 0.362. The van der Waals surface area contributed by atoms with E-state index in [0.717, 1.165) is 54.6 Å². The van der Waals surface area contributed by atoms with Crippen LogP contribution in [0, 0.1) is 5.41 Å². The van der Waals surface area contributed by atoms with Crippen LogP contribution in [-0.4, -0.2) is 83.4 Å². The van der Waals surface area contributed by atoms with Gasteiger partial charge in [0, 0.05) is 35.1 Å². The van der Waals surface area contributed by atoms with Gasteiger partial charge in [-0.3, -0.25) is 4.90 Å². The van der Waals surface area contributed by atoms with Gasteiger partial charge in [0.1, 0.15) is 5.82 Å². The van der Waals surface area contributed by atoms with Crippen molar-refractivity contribution in [3.05, 3.63) is 57.7 Å². The molecule has 3 atom stereocenters.